The Morgan fingerprint density at radius 1 is 1.27 bits per heavy atom. The normalized spacial score (nSPS) is 15.3. The quantitative estimate of drug-likeness (QED) is 0.613. The van der Waals surface area contributed by atoms with Gasteiger partial charge in [0, 0.05) is 6.42 Å². The van der Waals surface area contributed by atoms with E-state index in [1.54, 1.807) is 0 Å². The molecular weight excluding hydrogens is 192 g/mol. The first-order valence-corrected chi connectivity index (χ1v) is 5.77. The van der Waals surface area contributed by atoms with Crippen molar-refractivity contribution in [3.05, 3.63) is 0 Å². The summed E-state index contributed by atoms with van der Waals surface area (Å²) in [6.45, 7) is 6.06. The van der Waals surface area contributed by atoms with Crippen molar-refractivity contribution in [3.63, 3.8) is 0 Å². The van der Waals surface area contributed by atoms with E-state index < -0.39 is 11.6 Å². The minimum Gasteiger partial charge on any atom is -0.481 e. The topological polar surface area (TPSA) is 57.5 Å². The molecule has 0 saturated heterocycles. The Kier molecular flexibility index (Phi) is 6.57. The van der Waals surface area contributed by atoms with Gasteiger partial charge in [-0.2, -0.15) is 0 Å². The number of carbonyl (C=O) groups is 1. The Morgan fingerprint density at radius 3 is 2.33 bits per heavy atom. The Morgan fingerprint density at radius 2 is 1.87 bits per heavy atom. The molecule has 0 aromatic rings. The Balaban J connectivity index is 3.52. The molecule has 2 N–H and O–H groups in total. The second-order valence-electron chi connectivity index (χ2n) is 5.05. The van der Waals surface area contributed by atoms with Crippen LogP contribution in [0.4, 0.5) is 0 Å². The molecule has 0 aromatic carbocycles. The van der Waals surface area contributed by atoms with Gasteiger partial charge in [0.15, 0.2) is 0 Å². The van der Waals surface area contributed by atoms with Crippen molar-refractivity contribution in [2.75, 3.05) is 0 Å². The maximum absolute atomic E-state index is 10.3. The highest BCUT2D eigenvalue weighted by atomic mass is 16.4. The van der Waals surface area contributed by atoms with Crippen LogP contribution in [-0.2, 0) is 4.79 Å². The molecule has 0 aliphatic rings. The number of unbranched alkanes of at least 4 members (excludes halogenated alkanes) is 2. The van der Waals surface area contributed by atoms with Crippen LogP contribution in [0.3, 0.4) is 0 Å². The molecular formula is C12H24O3. The van der Waals surface area contributed by atoms with Gasteiger partial charge in [-0.1, -0.05) is 26.7 Å². The number of hydrogen-bond donors (Lipinski definition) is 2. The summed E-state index contributed by atoms with van der Waals surface area (Å²) in [6.07, 6.45) is 4.34. The first-order valence-electron chi connectivity index (χ1n) is 5.77. The Bertz CT molecular complexity index is 185. The minimum absolute atomic E-state index is 0.242. The number of carboxylic acids is 1. The van der Waals surface area contributed by atoms with Crippen molar-refractivity contribution in [3.8, 4) is 0 Å². The highest BCUT2D eigenvalue weighted by Gasteiger charge is 2.20. The molecule has 3 nitrogen and oxygen atoms in total. The maximum atomic E-state index is 10.3. The van der Waals surface area contributed by atoms with Crippen molar-refractivity contribution in [1.29, 1.82) is 0 Å². The first-order chi connectivity index (χ1) is 6.83. The molecule has 0 rings (SSSR count). The van der Waals surface area contributed by atoms with Crippen LogP contribution in [0.5, 0.6) is 0 Å². The summed E-state index contributed by atoms with van der Waals surface area (Å²) < 4.78 is 0. The fourth-order valence-electron chi connectivity index (χ4n) is 1.94. The lowest BCUT2D eigenvalue weighted by Crippen LogP contribution is -2.25. The molecule has 3 heteroatoms. The van der Waals surface area contributed by atoms with Gasteiger partial charge in [-0.25, -0.2) is 0 Å². The average molecular weight is 216 g/mol. The van der Waals surface area contributed by atoms with E-state index >= 15 is 0 Å². The van der Waals surface area contributed by atoms with E-state index in [0.29, 0.717) is 12.3 Å². The number of aliphatic carboxylic acids is 1. The van der Waals surface area contributed by atoms with Gasteiger partial charge >= 0.3 is 5.97 Å². The highest BCUT2D eigenvalue weighted by Crippen LogP contribution is 2.22. The summed E-state index contributed by atoms with van der Waals surface area (Å²) in [4.78, 5) is 10.3. The van der Waals surface area contributed by atoms with E-state index in [0.717, 1.165) is 25.7 Å². The van der Waals surface area contributed by atoms with E-state index in [-0.39, 0.29) is 6.42 Å². The molecule has 0 saturated carbocycles. The standard InChI is InChI=1S/C12H24O3/c1-10(2)9-12(3,15)8-6-4-5-7-11(13)14/h10,15H,4-9H2,1-3H3,(H,13,14). The van der Waals surface area contributed by atoms with Crippen LogP contribution in [0, 0.1) is 5.92 Å². The summed E-state index contributed by atoms with van der Waals surface area (Å²) in [5.74, 6) is -0.233. The molecule has 90 valence electrons. The lowest BCUT2D eigenvalue weighted by molar-refractivity contribution is -0.137. The monoisotopic (exact) mass is 216 g/mol. The molecule has 0 bridgehead atoms. The maximum Gasteiger partial charge on any atom is 0.303 e. The lowest BCUT2D eigenvalue weighted by Gasteiger charge is -2.25. The fourth-order valence-corrected chi connectivity index (χ4v) is 1.94. The molecule has 0 spiro atoms. The summed E-state index contributed by atoms with van der Waals surface area (Å²) >= 11 is 0. The molecule has 0 radical (unpaired) electrons. The number of aliphatic hydroxyl groups is 1. The Hall–Kier alpha value is -0.570. The molecule has 0 amide bonds. The van der Waals surface area contributed by atoms with Gasteiger partial charge < -0.3 is 10.2 Å². The van der Waals surface area contributed by atoms with Gasteiger partial charge in [0.05, 0.1) is 5.60 Å². The lowest BCUT2D eigenvalue weighted by atomic mass is 9.89. The second-order valence-corrected chi connectivity index (χ2v) is 5.05. The molecule has 0 aliphatic carbocycles. The van der Waals surface area contributed by atoms with E-state index in [4.69, 9.17) is 5.11 Å². The average Bonchev–Trinajstić information content (AvgIpc) is 1.99. The number of rotatable bonds is 8. The zero-order valence-electron chi connectivity index (χ0n) is 10.1. The van der Waals surface area contributed by atoms with Gasteiger partial charge in [-0.15, -0.1) is 0 Å². The van der Waals surface area contributed by atoms with Gasteiger partial charge in [0.25, 0.3) is 0 Å². The Labute approximate surface area is 92.5 Å². The van der Waals surface area contributed by atoms with Crippen LogP contribution >= 0.6 is 0 Å². The molecule has 1 atom stereocenters. The largest absolute Gasteiger partial charge is 0.481 e. The number of hydrogen-bond acceptors (Lipinski definition) is 2. The molecule has 15 heavy (non-hydrogen) atoms. The second kappa shape index (κ2) is 6.83. The molecule has 0 aromatic heterocycles. The zero-order valence-corrected chi connectivity index (χ0v) is 10.1. The van der Waals surface area contributed by atoms with Crippen LogP contribution in [0.2, 0.25) is 0 Å². The summed E-state index contributed by atoms with van der Waals surface area (Å²) in [5, 5.41) is 18.4. The van der Waals surface area contributed by atoms with Gasteiger partial charge in [0.1, 0.15) is 0 Å². The van der Waals surface area contributed by atoms with E-state index in [9.17, 15) is 9.90 Å². The van der Waals surface area contributed by atoms with Crippen LogP contribution in [0.15, 0.2) is 0 Å². The van der Waals surface area contributed by atoms with Gasteiger partial charge in [-0.3, -0.25) is 4.79 Å². The molecule has 1 unspecified atom stereocenters. The smallest absolute Gasteiger partial charge is 0.303 e. The molecule has 0 aliphatic heterocycles. The van der Waals surface area contributed by atoms with Crippen LogP contribution in [0.25, 0.3) is 0 Å². The highest BCUT2D eigenvalue weighted by molar-refractivity contribution is 5.66. The minimum atomic E-state index is -0.732. The number of carboxylic acid groups (broad SMARTS) is 1. The summed E-state index contributed by atoms with van der Waals surface area (Å²) in [6, 6.07) is 0. The van der Waals surface area contributed by atoms with Crippen molar-refractivity contribution in [2.24, 2.45) is 5.92 Å². The predicted octanol–water partition coefficient (Wildman–Crippen LogP) is 2.82. The van der Waals surface area contributed by atoms with E-state index in [1.807, 2.05) is 6.92 Å². The molecule has 0 heterocycles. The van der Waals surface area contributed by atoms with Crippen LogP contribution < -0.4 is 0 Å². The van der Waals surface area contributed by atoms with Gasteiger partial charge in [0.2, 0.25) is 0 Å². The fraction of sp³-hybridized carbons (Fsp3) is 0.917. The third-order valence-corrected chi connectivity index (χ3v) is 2.45. The van der Waals surface area contributed by atoms with Gasteiger partial charge in [-0.05, 0) is 32.1 Å². The third kappa shape index (κ3) is 9.73. The predicted molar refractivity (Wildman–Crippen MR) is 60.8 cm³/mol. The van der Waals surface area contributed by atoms with E-state index in [1.165, 1.54) is 0 Å². The van der Waals surface area contributed by atoms with Crippen LogP contribution in [0.1, 0.15) is 59.3 Å². The van der Waals surface area contributed by atoms with Crippen molar-refractivity contribution in [2.45, 2.75) is 64.9 Å². The molecule has 0 fully saturated rings. The summed E-state index contributed by atoms with van der Waals surface area (Å²) in [5.41, 5.74) is -0.586. The van der Waals surface area contributed by atoms with Crippen molar-refractivity contribution in [1.82, 2.24) is 0 Å². The van der Waals surface area contributed by atoms with Crippen LogP contribution in [-0.4, -0.2) is 21.8 Å². The summed E-state index contributed by atoms with van der Waals surface area (Å²) in [7, 11) is 0. The van der Waals surface area contributed by atoms with E-state index in [2.05, 4.69) is 13.8 Å². The third-order valence-electron chi connectivity index (χ3n) is 2.45. The SMILES string of the molecule is CC(C)CC(C)(O)CCCCCC(=O)O. The zero-order chi connectivity index (χ0) is 11.9. The van der Waals surface area contributed by atoms with Crippen molar-refractivity contribution < 1.29 is 15.0 Å². The first kappa shape index (κ1) is 14.4. The van der Waals surface area contributed by atoms with Crippen molar-refractivity contribution >= 4 is 5.97 Å².